The van der Waals surface area contributed by atoms with Gasteiger partial charge in [0.05, 0.1) is 28.9 Å². The molecule has 1 aromatic heterocycles. The van der Waals surface area contributed by atoms with Crippen molar-refractivity contribution in [2.24, 2.45) is 11.8 Å². The molecule has 0 saturated heterocycles. The van der Waals surface area contributed by atoms with Crippen LogP contribution in [0, 0.1) is 11.8 Å². The van der Waals surface area contributed by atoms with E-state index in [1.165, 1.54) is 0 Å². The first-order valence-electron chi connectivity index (χ1n) is 9.84. The Labute approximate surface area is 168 Å². The normalized spacial score (nSPS) is 30.0. The summed E-state index contributed by atoms with van der Waals surface area (Å²) in [5.41, 5.74) is 2.41. The van der Waals surface area contributed by atoms with Gasteiger partial charge in [0.25, 0.3) is 0 Å². The molecule has 0 spiro atoms. The zero-order valence-electron chi connectivity index (χ0n) is 15.0. The number of aliphatic hydroxyl groups is 1. The molecule has 2 aromatic rings. The van der Waals surface area contributed by atoms with Gasteiger partial charge in [-0.25, -0.2) is 0 Å². The average Bonchev–Trinajstić information content (AvgIpc) is 3.34. The standard InChI is InChI=1S/C21H23Cl2NO3/c22-16-2-1-3-17(23)18(16)19-15(21(27-24-19)11-4-5-11)10-26-20-12-6-7-13(20)9-14(25)8-12/h1-3,11-14,20,25H,4-10H2/t12-,13+,14-,20?. The molecule has 6 heteroatoms. The number of hydrogen-bond donors (Lipinski definition) is 1. The fraction of sp³-hybridized carbons (Fsp3) is 0.571. The summed E-state index contributed by atoms with van der Waals surface area (Å²) in [5.74, 6) is 2.26. The molecule has 3 saturated carbocycles. The molecule has 1 unspecified atom stereocenters. The monoisotopic (exact) mass is 407 g/mol. The van der Waals surface area contributed by atoms with Gasteiger partial charge in [0, 0.05) is 17.0 Å². The molecule has 144 valence electrons. The third-order valence-corrected chi connectivity index (χ3v) is 7.00. The second-order valence-electron chi connectivity index (χ2n) is 8.24. The maximum Gasteiger partial charge on any atom is 0.145 e. The SMILES string of the molecule is O[C@@H]1C[C@H]2CC[C@@H](C1)C2OCc1c(-c2c(Cl)cccc2Cl)noc1C1CC1. The number of aromatic nitrogens is 1. The first-order valence-corrected chi connectivity index (χ1v) is 10.6. The molecule has 5 rings (SSSR count). The number of benzene rings is 1. The van der Waals surface area contributed by atoms with E-state index >= 15 is 0 Å². The third-order valence-electron chi connectivity index (χ3n) is 6.37. The third kappa shape index (κ3) is 3.31. The Hall–Kier alpha value is -1.07. The molecular weight excluding hydrogens is 385 g/mol. The van der Waals surface area contributed by atoms with E-state index in [1.54, 1.807) is 0 Å². The minimum atomic E-state index is -0.169. The van der Waals surface area contributed by atoms with Gasteiger partial charge in [-0.1, -0.05) is 34.4 Å². The van der Waals surface area contributed by atoms with E-state index in [0.717, 1.165) is 55.4 Å². The topological polar surface area (TPSA) is 55.5 Å². The Kier molecular flexibility index (Phi) is 4.71. The fourth-order valence-corrected chi connectivity index (χ4v) is 5.52. The van der Waals surface area contributed by atoms with Crippen molar-refractivity contribution in [3.63, 3.8) is 0 Å². The molecule has 3 fully saturated rings. The van der Waals surface area contributed by atoms with E-state index in [2.05, 4.69) is 5.16 Å². The van der Waals surface area contributed by atoms with E-state index in [-0.39, 0.29) is 12.2 Å². The first-order chi connectivity index (χ1) is 13.1. The highest BCUT2D eigenvalue weighted by atomic mass is 35.5. The van der Waals surface area contributed by atoms with Gasteiger partial charge in [0.1, 0.15) is 11.5 Å². The smallest absolute Gasteiger partial charge is 0.145 e. The Morgan fingerprint density at radius 3 is 2.37 bits per heavy atom. The molecule has 0 aliphatic heterocycles. The van der Waals surface area contributed by atoms with Crippen LogP contribution in [0.1, 0.15) is 55.8 Å². The second kappa shape index (κ2) is 7.07. The van der Waals surface area contributed by atoms with Crippen molar-refractivity contribution in [2.75, 3.05) is 0 Å². The lowest BCUT2D eigenvalue weighted by molar-refractivity contribution is -0.0591. The van der Waals surface area contributed by atoms with Crippen LogP contribution in [0.4, 0.5) is 0 Å². The molecule has 0 amide bonds. The summed E-state index contributed by atoms with van der Waals surface area (Å²) < 4.78 is 12.1. The fourth-order valence-electron chi connectivity index (χ4n) is 4.94. The molecular formula is C21H23Cl2NO3. The van der Waals surface area contributed by atoms with Crippen LogP contribution in [-0.2, 0) is 11.3 Å². The van der Waals surface area contributed by atoms with E-state index in [4.69, 9.17) is 32.5 Å². The maximum absolute atomic E-state index is 10.0. The van der Waals surface area contributed by atoms with Gasteiger partial charge < -0.3 is 14.4 Å². The first kappa shape index (κ1) is 18.0. The van der Waals surface area contributed by atoms with Gasteiger partial charge in [-0.15, -0.1) is 0 Å². The van der Waals surface area contributed by atoms with E-state index in [9.17, 15) is 5.11 Å². The largest absolute Gasteiger partial charge is 0.393 e. The van der Waals surface area contributed by atoms with Crippen molar-refractivity contribution in [1.82, 2.24) is 5.16 Å². The van der Waals surface area contributed by atoms with Crippen LogP contribution in [0.25, 0.3) is 11.3 Å². The molecule has 4 atom stereocenters. The summed E-state index contributed by atoms with van der Waals surface area (Å²) in [6, 6.07) is 5.47. The summed E-state index contributed by atoms with van der Waals surface area (Å²) in [6.07, 6.45) is 6.29. The Morgan fingerprint density at radius 2 is 1.74 bits per heavy atom. The van der Waals surface area contributed by atoms with E-state index < -0.39 is 0 Å². The number of hydrogen-bond acceptors (Lipinski definition) is 4. The van der Waals surface area contributed by atoms with Crippen molar-refractivity contribution < 1.29 is 14.4 Å². The number of nitrogens with zero attached hydrogens (tertiary/aromatic N) is 1. The van der Waals surface area contributed by atoms with Crippen molar-refractivity contribution in [1.29, 1.82) is 0 Å². The summed E-state index contributed by atoms with van der Waals surface area (Å²) in [7, 11) is 0. The highest BCUT2D eigenvalue weighted by Crippen LogP contribution is 2.48. The molecule has 2 bridgehead atoms. The van der Waals surface area contributed by atoms with Gasteiger partial charge in [-0.05, 0) is 62.5 Å². The highest BCUT2D eigenvalue weighted by molar-refractivity contribution is 6.39. The minimum absolute atomic E-state index is 0.169. The van der Waals surface area contributed by atoms with Crippen molar-refractivity contribution in [3.8, 4) is 11.3 Å². The predicted octanol–water partition coefficient (Wildman–Crippen LogP) is 5.59. The van der Waals surface area contributed by atoms with E-state index in [0.29, 0.717) is 40.1 Å². The van der Waals surface area contributed by atoms with Gasteiger partial charge in [-0.3, -0.25) is 0 Å². The number of halogens is 2. The molecule has 4 nitrogen and oxygen atoms in total. The van der Waals surface area contributed by atoms with Crippen LogP contribution < -0.4 is 0 Å². The summed E-state index contributed by atoms with van der Waals surface area (Å²) in [5, 5.41) is 15.5. The Bertz CT molecular complexity index is 814. The predicted molar refractivity (Wildman–Crippen MR) is 104 cm³/mol. The Balaban J connectivity index is 1.44. The van der Waals surface area contributed by atoms with Crippen molar-refractivity contribution in [2.45, 2.75) is 63.3 Å². The second-order valence-corrected chi connectivity index (χ2v) is 9.06. The van der Waals surface area contributed by atoms with Crippen LogP contribution in [0.2, 0.25) is 10.0 Å². The Morgan fingerprint density at radius 1 is 1.07 bits per heavy atom. The lowest BCUT2D eigenvalue weighted by Gasteiger charge is -2.33. The van der Waals surface area contributed by atoms with Crippen LogP contribution >= 0.6 is 23.2 Å². The van der Waals surface area contributed by atoms with Crippen LogP contribution in [0.15, 0.2) is 22.7 Å². The number of rotatable bonds is 5. The molecule has 1 heterocycles. The lowest BCUT2D eigenvalue weighted by Crippen LogP contribution is -2.35. The summed E-state index contributed by atoms with van der Waals surface area (Å²) in [6.45, 7) is 0.458. The number of ether oxygens (including phenoxy) is 1. The molecule has 3 aliphatic carbocycles. The van der Waals surface area contributed by atoms with Crippen molar-refractivity contribution >= 4 is 23.2 Å². The molecule has 0 radical (unpaired) electrons. The molecule has 27 heavy (non-hydrogen) atoms. The quantitative estimate of drug-likeness (QED) is 0.701. The molecule has 1 aromatic carbocycles. The van der Waals surface area contributed by atoms with Gasteiger partial charge in [-0.2, -0.15) is 0 Å². The zero-order valence-corrected chi connectivity index (χ0v) is 16.5. The van der Waals surface area contributed by atoms with Gasteiger partial charge >= 0.3 is 0 Å². The van der Waals surface area contributed by atoms with Crippen LogP contribution in [0.3, 0.4) is 0 Å². The summed E-state index contributed by atoms with van der Waals surface area (Å²) >= 11 is 12.9. The summed E-state index contributed by atoms with van der Waals surface area (Å²) in [4.78, 5) is 0. The number of aliphatic hydroxyl groups excluding tert-OH is 1. The molecule has 1 N–H and O–H groups in total. The molecule has 3 aliphatic rings. The van der Waals surface area contributed by atoms with Crippen molar-refractivity contribution in [3.05, 3.63) is 39.6 Å². The van der Waals surface area contributed by atoms with Crippen LogP contribution in [0.5, 0.6) is 0 Å². The average molecular weight is 408 g/mol. The number of fused-ring (bicyclic) bond motifs is 2. The maximum atomic E-state index is 10.0. The van der Waals surface area contributed by atoms with Gasteiger partial charge in [0.15, 0.2) is 0 Å². The zero-order chi connectivity index (χ0) is 18.5. The highest BCUT2D eigenvalue weighted by Gasteiger charge is 2.43. The van der Waals surface area contributed by atoms with Gasteiger partial charge in [0.2, 0.25) is 0 Å². The minimum Gasteiger partial charge on any atom is -0.393 e. The van der Waals surface area contributed by atoms with Crippen LogP contribution in [-0.4, -0.2) is 22.5 Å². The lowest BCUT2D eigenvalue weighted by atomic mass is 9.84. The van der Waals surface area contributed by atoms with E-state index in [1.807, 2.05) is 18.2 Å².